The number of nitrogens with one attached hydrogen (secondary N) is 1. The van der Waals surface area contributed by atoms with Gasteiger partial charge in [-0.2, -0.15) is 0 Å². The molecule has 0 aromatic heterocycles. The van der Waals surface area contributed by atoms with E-state index >= 15 is 0 Å². The van der Waals surface area contributed by atoms with E-state index in [-0.39, 0.29) is 16.0 Å². The zero-order valence-electron chi connectivity index (χ0n) is 12.0. The van der Waals surface area contributed by atoms with E-state index in [0.717, 1.165) is 10.0 Å². The lowest BCUT2D eigenvalue weighted by Crippen LogP contribution is -2.26. The van der Waals surface area contributed by atoms with Crippen molar-refractivity contribution in [3.63, 3.8) is 0 Å². The average molecular weight is 405 g/mol. The first-order chi connectivity index (χ1) is 10.3. The van der Waals surface area contributed by atoms with E-state index in [1.54, 1.807) is 6.92 Å². The van der Waals surface area contributed by atoms with Gasteiger partial charge in [-0.25, -0.2) is 13.1 Å². The van der Waals surface area contributed by atoms with Crippen molar-refractivity contribution in [1.82, 2.24) is 4.72 Å². The minimum absolute atomic E-state index is 0.0974. The van der Waals surface area contributed by atoms with Gasteiger partial charge in [0, 0.05) is 10.5 Å². The van der Waals surface area contributed by atoms with Crippen LogP contribution in [-0.4, -0.2) is 15.5 Å². The van der Waals surface area contributed by atoms with Gasteiger partial charge >= 0.3 is 0 Å². The van der Waals surface area contributed by atoms with E-state index in [9.17, 15) is 8.42 Å². The van der Waals surface area contributed by atoms with Gasteiger partial charge in [-0.15, -0.1) is 0 Å². The standard InChI is InChI=1S/C15H15BrClNO3S/c1-10(11-4-3-5-12(16)8-11)18-22(19,20)13-6-7-15(21-2)14(17)9-13/h3-10,18H,1-2H3/t10-/m0/s1. The highest BCUT2D eigenvalue weighted by molar-refractivity contribution is 9.10. The third-order valence-corrected chi connectivity index (χ3v) is 5.44. The van der Waals surface area contributed by atoms with Gasteiger partial charge in [0.2, 0.25) is 10.0 Å². The summed E-state index contributed by atoms with van der Waals surface area (Å²) in [4.78, 5) is 0.0974. The number of rotatable bonds is 5. The van der Waals surface area contributed by atoms with Crippen LogP contribution in [0.5, 0.6) is 5.75 Å². The summed E-state index contributed by atoms with van der Waals surface area (Å²) in [6.45, 7) is 1.78. The molecule has 1 N–H and O–H groups in total. The fraction of sp³-hybridized carbons (Fsp3) is 0.200. The molecule has 0 aliphatic heterocycles. The second kappa shape index (κ2) is 7.00. The van der Waals surface area contributed by atoms with Crippen LogP contribution in [0.1, 0.15) is 18.5 Å². The first-order valence-corrected chi connectivity index (χ1v) is 9.10. The van der Waals surface area contributed by atoms with Gasteiger partial charge in [0.05, 0.1) is 17.0 Å². The molecule has 0 bridgehead atoms. The molecule has 0 amide bonds. The highest BCUT2D eigenvalue weighted by atomic mass is 79.9. The summed E-state index contributed by atoms with van der Waals surface area (Å²) in [6, 6.07) is 11.5. The van der Waals surface area contributed by atoms with Gasteiger partial charge in [-0.05, 0) is 42.8 Å². The Balaban J connectivity index is 2.25. The lowest BCUT2D eigenvalue weighted by molar-refractivity contribution is 0.414. The molecule has 7 heteroatoms. The molecular weight excluding hydrogens is 390 g/mol. The topological polar surface area (TPSA) is 55.4 Å². The van der Waals surface area contributed by atoms with Crippen molar-refractivity contribution >= 4 is 37.6 Å². The Kier molecular flexibility index (Phi) is 5.50. The number of halogens is 2. The van der Waals surface area contributed by atoms with Crippen LogP contribution in [0.2, 0.25) is 5.02 Å². The number of sulfonamides is 1. The fourth-order valence-corrected chi connectivity index (χ4v) is 3.96. The smallest absolute Gasteiger partial charge is 0.241 e. The molecule has 0 aliphatic carbocycles. The lowest BCUT2D eigenvalue weighted by atomic mass is 10.1. The predicted molar refractivity (Wildman–Crippen MR) is 90.9 cm³/mol. The van der Waals surface area contributed by atoms with Crippen LogP contribution in [0.4, 0.5) is 0 Å². The van der Waals surface area contributed by atoms with Crippen LogP contribution < -0.4 is 9.46 Å². The van der Waals surface area contributed by atoms with E-state index in [2.05, 4.69) is 20.7 Å². The van der Waals surface area contributed by atoms with E-state index in [0.29, 0.717) is 5.75 Å². The monoisotopic (exact) mass is 403 g/mol. The van der Waals surface area contributed by atoms with Gasteiger partial charge < -0.3 is 4.74 Å². The highest BCUT2D eigenvalue weighted by Gasteiger charge is 2.19. The SMILES string of the molecule is COc1ccc(S(=O)(=O)N[C@@H](C)c2cccc(Br)c2)cc1Cl. The number of benzene rings is 2. The minimum atomic E-state index is -3.67. The quantitative estimate of drug-likeness (QED) is 0.814. The van der Waals surface area contributed by atoms with Crippen LogP contribution in [0, 0.1) is 0 Å². The summed E-state index contributed by atoms with van der Waals surface area (Å²) in [5.41, 5.74) is 0.859. The number of ether oxygens (including phenoxy) is 1. The lowest BCUT2D eigenvalue weighted by Gasteiger charge is -2.15. The van der Waals surface area contributed by atoms with Gasteiger partial charge in [0.1, 0.15) is 5.75 Å². The molecule has 0 spiro atoms. The van der Waals surface area contributed by atoms with Crippen molar-refractivity contribution in [2.24, 2.45) is 0 Å². The van der Waals surface area contributed by atoms with Crippen molar-refractivity contribution in [1.29, 1.82) is 0 Å². The van der Waals surface area contributed by atoms with E-state index in [1.165, 1.54) is 25.3 Å². The second-order valence-electron chi connectivity index (χ2n) is 4.69. The molecule has 0 fully saturated rings. The van der Waals surface area contributed by atoms with Gasteiger partial charge in [0.15, 0.2) is 0 Å². The molecule has 118 valence electrons. The average Bonchev–Trinajstić information content (AvgIpc) is 2.46. The maximum atomic E-state index is 12.4. The molecule has 1 atom stereocenters. The Labute approximate surface area is 143 Å². The Morgan fingerprint density at radius 1 is 1.23 bits per heavy atom. The number of hydrogen-bond donors (Lipinski definition) is 1. The molecule has 2 rings (SSSR count). The first-order valence-electron chi connectivity index (χ1n) is 6.45. The van der Waals surface area contributed by atoms with Crippen molar-refractivity contribution in [2.45, 2.75) is 17.9 Å². The second-order valence-corrected chi connectivity index (χ2v) is 7.73. The molecule has 4 nitrogen and oxygen atoms in total. The van der Waals surface area contributed by atoms with E-state index < -0.39 is 10.0 Å². The molecule has 0 saturated heterocycles. The summed E-state index contributed by atoms with van der Waals surface area (Å²) in [7, 11) is -2.20. The first kappa shape index (κ1) is 17.3. The highest BCUT2D eigenvalue weighted by Crippen LogP contribution is 2.28. The molecule has 0 heterocycles. The van der Waals surface area contributed by atoms with E-state index in [1.807, 2.05) is 24.3 Å². The Hall–Kier alpha value is -1.08. The molecular formula is C15H15BrClNO3S. The predicted octanol–water partition coefficient (Wildman–Crippen LogP) is 4.15. The van der Waals surface area contributed by atoms with E-state index in [4.69, 9.17) is 16.3 Å². The minimum Gasteiger partial charge on any atom is -0.495 e. The van der Waals surface area contributed by atoms with Crippen LogP contribution in [0.25, 0.3) is 0 Å². The third-order valence-electron chi connectivity index (χ3n) is 3.11. The van der Waals surface area contributed by atoms with Crippen molar-refractivity contribution in [3.8, 4) is 5.75 Å². The van der Waals surface area contributed by atoms with Crippen molar-refractivity contribution < 1.29 is 13.2 Å². The Morgan fingerprint density at radius 2 is 1.95 bits per heavy atom. The number of methoxy groups -OCH3 is 1. The molecule has 2 aromatic rings. The summed E-state index contributed by atoms with van der Waals surface area (Å²) in [6.07, 6.45) is 0. The van der Waals surface area contributed by atoms with Crippen LogP contribution >= 0.6 is 27.5 Å². The zero-order chi connectivity index (χ0) is 16.3. The fourth-order valence-electron chi connectivity index (χ4n) is 1.96. The number of hydrogen-bond acceptors (Lipinski definition) is 3. The van der Waals surface area contributed by atoms with Gasteiger partial charge in [-0.3, -0.25) is 0 Å². The summed E-state index contributed by atoms with van der Waals surface area (Å²) < 4.78 is 33.4. The van der Waals surface area contributed by atoms with Crippen LogP contribution in [0.15, 0.2) is 51.8 Å². The van der Waals surface area contributed by atoms with Gasteiger partial charge in [-0.1, -0.05) is 39.7 Å². The molecule has 2 aromatic carbocycles. The maximum absolute atomic E-state index is 12.4. The molecule has 0 saturated carbocycles. The molecule has 0 radical (unpaired) electrons. The molecule has 0 aliphatic rings. The zero-order valence-corrected chi connectivity index (χ0v) is 15.2. The molecule has 22 heavy (non-hydrogen) atoms. The van der Waals surface area contributed by atoms with Crippen LogP contribution in [-0.2, 0) is 10.0 Å². The third kappa shape index (κ3) is 4.01. The summed E-state index contributed by atoms with van der Waals surface area (Å²) >= 11 is 9.36. The summed E-state index contributed by atoms with van der Waals surface area (Å²) in [5, 5.41) is 0.250. The summed E-state index contributed by atoms with van der Waals surface area (Å²) in [5.74, 6) is 0.431. The normalized spacial score (nSPS) is 12.9. The largest absolute Gasteiger partial charge is 0.495 e. The molecule has 0 unspecified atom stereocenters. The van der Waals surface area contributed by atoms with Crippen LogP contribution in [0.3, 0.4) is 0 Å². The van der Waals surface area contributed by atoms with Gasteiger partial charge in [0.25, 0.3) is 0 Å². The van der Waals surface area contributed by atoms with Crippen molar-refractivity contribution in [3.05, 3.63) is 57.5 Å². The van der Waals surface area contributed by atoms with Crippen molar-refractivity contribution in [2.75, 3.05) is 7.11 Å². The Bertz CT molecular complexity index is 780. The Morgan fingerprint density at radius 3 is 2.55 bits per heavy atom. The maximum Gasteiger partial charge on any atom is 0.241 e.